The molecule has 2 unspecified atom stereocenters. The van der Waals surface area contributed by atoms with Gasteiger partial charge in [0.2, 0.25) is 0 Å². The number of methoxy groups -OCH3 is 1. The number of rotatable bonds is 4. The van der Waals surface area contributed by atoms with E-state index in [2.05, 4.69) is 25.5 Å². The maximum atomic E-state index is 11.5. The minimum atomic E-state index is -2.07. The van der Waals surface area contributed by atoms with Crippen molar-refractivity contribution >= 4 is 14.3 Å². The first-order valence-electron chi connectivity index (χ1n) is 5.46. The molecule has 0 saturated carbocycles. The number of carbonyl (C=O) groups excluding carboxylic acids is 1. The molecule has 2 atom stereocenters. The van der Waals surface area contributed by atoms with E-state index in [9.17, 15) is 9.90 Å². The van der Waals surface area contributed by atoms with Gasteiger partial charge in [0.15, 0.2) is 14.4 Å². The normalized spacial score (nSPS) is 16.8. The summed E-state index contributed by atoms with van der Waals surface area (Å²) >= 11 is 0. The van der Waals surface area contributed by atoms with Crippen molar-refractivity contribution in [3.8, 4) is 0 Å². The molecule has 0 aliphatic heterocycles. The van der Waals surface area contributed by atoms with Crippen LogP contribution in [0.3, 0.4) is 0 Å². The van der Waals surface area contributed by atoms with E-state index in [4.69, 9.17) is 4.43 Å². The molecular weight excluding hydrogens is 224 g/mol. The van der Waals surface area contributed by atoms with Crippen LogP contribution in [-0.4, -0.2) is 38.7 Å². The zero-order chi connectivity index (χ0) is 13.1. The van der Waals surface area contributed by atoms with Crippen LogP contribution in [0.1, 0.15) is 27.7 Å². The fraction of sp³-hybridized carbons (Fsp3) is 0.909. The van der Waals surface area contributed by atoms with Crippen LogP contribution in [0.25, 0.3) is 0 Å². The predicted molar refractivity (Wildman–Crippen MR) is 65.8 cm³/mol. The van der Waals surface area contributed by atoms with Crippen molar-refractivity contribution in [1.29, 1.82) is 0 Å². The van der Waals surface area contributed by atoms with Gasteiger partial charge in [0.1, 0.15) is 0 Å². The molecule has 1 N–H and O–H groups in total. The molecule has 0 aromatic carbocycles. The van der Waals surface area contributed by atoms with Gasteiger partial charge < -0.3 is 14.3 Å². The molecular formula is C11H24O4Si. The summed E-state index contributed by atoms with van der Waals surface area (Å²) in [6.45, 7) is 11.8. The third kappa shape index (κ3) is 3.88. The largest absolute Gasteiger partial charge is 0.467 e. The molecule has 0 spiro atoms. The Kier molecular flexibility index (Phi) is 5.16. The van der Waals surface area contributed by atoms with E-state index in [1.54, 1.807) is 0 Å². The molecule has 4 nitrogen and oxygen atoms in total. The highest BCUT2D eigenvalue weighted by Gasteiger charge is 2.42. The summed E-state index contributed by atoms with van der Waals surface area (Å²) in [7, 11) is -0.772. The molecule has 0 saturated heterocycles. The van der Waals surface area contributed by atoms with Crippen LogP contribution in [0.15, 0.2) is 0 Å². The average Bonchev–Trinajstić information content (AvgIpc) is 2.10. The number of ether oxygens (including phenoxy) is 1. The highest BCUT2D eigenvalue weighted by atomic mass is 28.4. The molecule has 5 heteroatoms. The Labute approximate surface area is 99.1 Å². The summed E-state index contributed by atoms with van der Waals surface area (Å²) < 4.78 is 10.5. The number of hydrogen-bond donors (Lipinski definition) is 1. The van der Waals surface area contributed by atoms with Gasteiger partial charge >= 0.3 is 5.97 Å². The Hall–Kier alpha value is -0.393. The van der Waals surface area contributed by atoms with E-state index >= 15 is 0 Å². The molecule has 0 aromatic rings. The van der Waals surface area contributed by atoms with Crippen molar-refractivity contribution in [3.05, 3.63) is 0 Å². The van der Waals surface area contributed by atoms with Crippen LogP contribution < -0.4 is 0 Å². The van der Waals surface area contributed by atoms with Gasteiger partial charge in [-0.3, -0.25) is 0 Å². The van der Waals surface area contributed by atoms with Gasteiger partial charge in [-0.1, -0.05) is 20.8 Å². The summed E-state index contributed by atoms with van der Waals surface area (Å²) in [5.74, 6) is -0.514. The molecule has 0 bridgehead atoms. The van der Waals surface area contributed by atoms with E-state index in [1.807, 2.05) is 13.1 Å². The van der Waals surface area contributed by atoms with Crippen LogP contribution in [-0.2, 0) is 14.0 Å². The van der Waals surface area contributed by atoms with E-state index in [-0.39, 0.29) is 5.04 Å². The second kappa shape index (κ2) is 5.29. The lowest BCUT2D eigenvalue weighted by atomic mass is 10.2. The molecule has 0 heterocycles. The Morgan fingerprint density at radius 2 is 1.75 bits per heavy atom. The average molecular weight is 248 g/mol. The topological polar surface area (TPSA) is 55.8 Å². The lowest BCUT2D eigenvalue weighted by molar-refractivity contribution is -0.154. The monoisotopic (exact) mass is 248 g/mol. The summed E-state index contributed by atoms with van der Waals surface area (Å²) in [4.78, 5) is 11.5. The van der Waals surface area contributed by atoms with Crippen LogP contribution in [0.2, 0.25) is 18.1 Å². The number of aliphatic hydroxyl groups excluding tert-OH is 1. The summed E-state index contributed by atoms with van der Waals surface area (Å²) in [5, 5.41) is 9.53. The van der Waals surface area contributed by atoms with E-state index in [0.29, 0.717) is 0 Å². The van der Waals surface area contributed by atoms with Gasteiger partial charge in [-0.05, 0) is 25.1 Å². The predicted octanol–water partition coefficient (Wildman–Crippen LogP) is 1.93. The first kappa shape index (κ1) is 15.6. The summed E-state index contributed by atoms with van der Waals surface area (Å²) in [6.07, 6.45) is -1.74. The molecule has 0 rings (SSSR count). The summed E-state index contributed by atoms with van der Waals surface area (Å²) in [5.41, 5.74) is 0. The van der Waals surface area contributed by atoms with Crippen molar-refractivity contribution in [2.75, 3.05) is 7.11 Å². The molecule has 0 aliphatic rings. The van der Waals surface area contributed by atoms with E-state index in [0.717, 1.165) is 0 Å². The third-order valence-electron chi connectivity index (χ3n) is 3.10. The van der Waals surface area contributed by atoms with Crippen LogP contribution >= 0.6 is 0 Å². The maximum absolute atomic E-state index is 11.5. The van der Waals surface area contributed by atoms with Gasteiger partial charge in [0.05, 0.1) is 13.2 Å². The lowest BCUT2D eigenvalue weighted by Gasteiger charge is -2.39. The highest BCUT2D eigenvalue weighted by Crippen LogP contribution is 2.37. The second-order valence-corrected chi connectivity index (χ2v) is 10.3. The third-order valence-corrected chi connectivity index (χ3v) is 7.55. The molecule has 0 aliphatic carbocycles. The maximum Gasteiger partial charge on any atom is 0.336 e. The van der Waals surface area contributed by atoms with Crippen molar-refractivity contribution in [3.63, 3.8) is 0 Å². The Balaban J connectivity index is 4.83. The number of esters is 1. The molecule has 0 amide bonds. The number of carbonyl (C=O) groups is 1. The minimum Gasteiger partial charge on any atom is -0.467 e. The van der Waals surface area contributed by atoms with Crippen molar-refractivity contribution in [1.82, 2.24) is 0 Å². The zero-order valence-corrected chi connectivity index (χ0v) is 12.3. The zero-order valence-electron chi connectivity index (χ0n) is 11.3. The Morgan fingerprint density at radius 3 is 2.00 bits per heavy atom. The van der Waals surface area contributed by atoms with E-state index in [1.165, 1.54) is 14.0 Å². The fourth-order valence-electron chi connectivity index (χ4n) is 0.954. The second-order valence-electron chi connectivity index (χ2n) is 5.56. The Bertz CT molecular complexity index is 243. The van der Waals surface area contributed by atoms with Gasteiger partial charge in [-0.15, -0.1) is 0 Å². The standard InChI is InChI=1S/C11H24O4Si/c1-8(12)9(10(13)14-5)15-16(6,7)11(2,3)4/h8-9,12H,1-7H3. The lowest BCUT2D eigenvalue weighted by Crippen LogP contribution is -2.49. The van der Waals surface area contributed by atoms with Gasteiger partial charge in [0.25, 0.3) is 0 Å². The van der Waals surface area contributed by atoms with Crippen molar-refractivity contribution < 1.29 is 19.1 Å². The first-order valence-corrected chi connectivity index (χ1v) is 8.37. The van der Waals surface area contributed by atoms with Gasteiger partial charge in [-0.2, -0.15) is 0 Å². The van der Waals surface area contributed by atoms with Crippen molar-refractivity contribution in [2.45, 2.75) is 58.0 Å². The quantitative estimate of drug-likeness (QED) is 0.610. The van der Waals surface area contributed by atoms with Crippen LogP contribution in [0.4, 0.5) is 0 Å². The first-order chi connectivity index (χ1) is 7.03. The number of aliphatic hydroxyl groups is 1. The molecule has 96 valence electrons. The van der Waals surface area contributed by atoms with Gasteiger partial charge in [0, 0.05) is 0 Å². The fourth-order valence-corrected chi connectivity index (χ4v) is 2.24. The SMILES string of the molecule is COC(=O)C(O[Si](C)(C)C(C)(C)C)C(C)O. The van der Waals surface area contributed by atoms with Crippen LogP contribution in [0, 0.1) is 0 Å². The molecule has 0 radical (unpaired) electrons. The minimum absolute atomic E-state index is 0.00579. The number of hydrogen-bond acceptors (Lipinski definition) is 4. The highest BCUT2D eigenvalue weighted by molar-refractivity contribution is 6.74. The van der Waals surface area contributed by atoms with E-state index < -0.39 is 26.5 Å². The summed E-state index contributed by atoms with van der Waals surface area (Å²) in [6, 6.07) is 0. The molecule has 16 heavy (non-hydrogen) atoms. The molecule has 0 fully saturated rings. The smallest absolute Gasteiger partial charge is 0.336 e. The van der Waals surface area contributed by atoms with Crippen LogP contribution in [0.5, 0.6) is 0 Å². The Morgan fingerprint density at radius 1 is 1.31 bits per heavy atom. The van der Waals surface area contributed by atoms with Gasteiger partial charge in [-0.25, -0.2) is 4.79 Å². The molecule has 0 aromatic heterocycles. The van der Waals surface area contributed by atoms with Crippen molar-refractivity contribution in [2.24, 2.45) is 0 Å².